The van der Waals surface area contributed by atoms with Crippen LogP contribution >= 0.6 is 0 Å². The van der Waals surface area contributed by atoms with Crippen molar-refractivity contribution < 1.29 is 28.3 Å². The molecule has 0 fully saturated rings. The van der Waals surface area contributed by atoms with Crippen molar-refractivity contribution in [3.63, 3.8) is 0 Å². The number of hydrogen-bond donors (Lipinski definition) is 4. The van der Waals surface area contributed by atoms with Gasteiger partial charge in [0.05, 0.1) is 18.6 Å². The van der Waals surface area contributed by atoms with Gasteiger partial charge in [-0.2, -0.15) is 0 Å². The van der Waals surface area contributed by atoms with Crippen LogP contribution in [0, 0.1) is 17.0 Å². The number of carbonyl (C=O) groups excluding carboxylic acids is 1. The van der Waals surface area contributed by atoms with Crippen molar-refractivity contribution >= 4 is 22.7 Å². The molecule has 28 heavy (non-hydrogen) atoms. The molecule has 9 heteroatoms. The number of nitrogens with one attached hydrogen (secondary N) is 3. The van der Waals surface area contributed by atoms with E-state index in [0.717, 1.165) is 12.1 Å². The van der Waals surface area contributed by atoms with Crippen LogP contribution in [0.25, 0.3) is 10.9 Å². The molecule has 0 spiro atoms. The van der Waals surface area contributed by atoms with Gasteiger partial charge in [-0.15, -0.1) is 0 Å². The summed E-state index contributed by atoms with van der Waals surface area (Å²) in [5.41, 5.74) is 2.03. The van der Waals surface area contributed by atoms with Gasteiger partial charge in [0.15, 0.2) is 17.4 Å². The summed E-state index contributed by atoms with van der Waals surface area (Å²) in [6, 6.07) is 6.31. The van der Waals surface area contributed by atoms with Crippen LogP contribution in [0.15, 0.2) is 36.5 Å². The number of ether oxygens (including phenoxy) is 2. The SMILES string of the molecule is CCOC(=O)Cc1c(Oc2ccc(F)c(C(=N)NO)c2)c(F)cc2[nH]ccc12. The molecule has 0 radical (unpaired) electrons. The number of aromatic amines is 1. The number of carbonyl (C=O) groups is 1. The number of halogens is 2. The average Bonchev–Trinajstić information content (AvgIpc) is 3.13. The smallest absolute Gasteiger partial charge is 0.310 e. The summed E-state index contributed by atoms with van der Waals surface area (Å²) >= 11 is 0. The molecule has 3 rings (SSSR count). The first-order valence-electron chi connectivity index (χ1n) is 8.35. The van der Waals surface area contributed by atoms with Crippen LogP contribution in [-0.2, 0) is 16.0 Å². The van der Waals surface area contributed by atoms with Crippen molar-refractivity contribution in [1.29, 1.82) is 5.41 Å². The number of hydroxylamine groups is 1. The molecule has 0 unspecified atom stereocenters. The van der Waals surface area contributed by atoms with Crippen molar-refractivity contribution in [2.24, 2.45) is 0 Å². The maximum atomic E-state index is 14.7. The lowest BCUT2D eigenvalue weighted by atomic mass is 10.0. The number of hydrogen-bond acceptors (Lipinski definition) is 5. The molecule has 2 aromatic carbocycles. The maximum absolute atomic E-state index is 14.7. The summed E-state index contributed by atoms with van der Waals surface area (Å²) in [6.07, 6.45) is 1.38. The van der Waals surface area contributed by atoms with Crippen LogP contribution in [0.1, 0.15) is 18.1 Å². The van der Waals surface area contributed by atoms with Gasteiger partial charge in [0, 0.05) is 28.7 Å². The first-order chi connectivity index (χ1) is 13.4. The van der Waals surface area contributed by atoms with Crippen molar-refractivity contribution in [2.75, 3.05) is 6.61 Å². The van der Waals surface area contributed by atoms with Crippen LogP contribution < -0.4 is 10.2 Å². The van der Waals surface area contributed by atoms with Gasteiger partial charge in [-0.25, -0.2) is 8.78 Å². The summed E-state index contributed by atoms with van der Waals surface area (Å²) < 4.78 is 39.1. The molecule has 3 aromatic rings. The van der Waals surface area contributed by atoms with Gasteiger partial charge in [-0.05, 0) is 31.2 Å². The zero-order chi connectivity index (χ0) is 20.3. The van der Waals surface area contributed by atoms with E-state index >= 15 is 0 Å². The summed E-state index contributed by atoms with van der Waals surface area (Å²) in [5.74, 6) is -2.82. The Morgan fingerprint density at radius 1 is 1.25 bits per heavy atom. The third-order valence-electron chi connectivity index (χ3n) is 4.03. The number of benzene rings is 2. The Kier molecular flexibility index (Phi) is 5.55. The first-order valence-corrected chi connectivity index (χ1v) is 8.35. The molecule has 0 aliphatic carbocycles. The topological polar surface area (TPSA) is 107 Å². The molecule has 7 nitrogen and oxygen atoms in total. The fourth-order valence-electron chi connectivity index (χ4n) is 2.80. The van der Waals surface area contributed by atoms with Gasteiger partial charge in [0.25, 0.3) is 0 Å². The number of rotatable bonds is 6. The zero-order valence-electron chi connectivity index (χ0n) is 14.8. The Hall–Kier alpha value is -3.46. The maximum Gasteiger partial charge on any atom is 0.310 e. The fourth-order valence-corrected chi connectivity index (χ4v) is 2.80. The zero-order valence-corrected chi connectivity index (χ0v) is 14.8. The Bertz CT molecular complexity index is 1050. The van der Waals surface area contributed by atoms with Crippen LogP contribution in [0.4, 0.5) is 8.78 Å². The number of H-pyrrole nitrogens is 1. The second kappa shape index (κ2) is 8.05. The number of amidine groups is 1. The van der Waals surface area contributed by atoms with Gasteiger partial charge in [-0.3, -0.25) is 20.9 Å². The molecule has 0 atom stereocenters. The Morgan fingerprint density at radius 3 is 2.75 bits per heavy atom. The molecule has 1 heterocycles. The highest BCUT2D eigenvalue weighted by Gasteiger charge is 2.20. The van der Waals surface area contributed by atoms with Gasteiger partial charge in [-0.1, -0.05) is 0 Å². The normalized spacial score (nSPS) is 10.7. The molecule has 146 valence electrons. The molecule has 1 aromatic heterocycles. The molecular formula is C19H17F2N3O4. The van der Waals surface area contributed by atoms with E-state index in [1.165, 1.54) is 12.1 Å². The highest BCUT2D eigenvalue weighted by atomic mass is 19.1. The van der Waals surface area contributed by atoms with Crippen LogP contribution in [0.2, 0.25) is 0 Å². The molecule has 0 saturated carbocycles. The molecule has 0 saturated heterocycles. The third kappa shape index (κ3) is 3.79. The highest BCUT2D eigenvalue weighted by molar-refractivity contribution is 5.96. The van der Waals surface area contributed by atoms with Crippen LogP contribution in [0.5, 0.6) is 11.5 Å². The minimum Gasteiger partial charge on any atom is -0.466 e. The Morgan fingerprint density at radius 2 is 2.04 bits per heavy atom. The van der Waals surface area contributed by atoms with E-state index in [1.54, 1.807) is 24.7 Å². The molecular weight excluding hydrogens is 372 g/mol. The van der Waals surface area contributed by atoms with Gasteiger partial charge in [0.2, 0.25) is 0 Å². The molecule has 4 N–H and O–H groups in total. The quantitative estimate of drug-likeness (QED) is 0.223. The minimum atomic E-state index is -0.771. The van der Waals surface area contributed by atoms with E-state index in [0.29, 0.717) is 10.9 Å². The first kappa shape index (κ1) is 19.3. The van der Waals surface area contributed by atoms with E-state index in [1.807, 2.05) is 0 Å². The van der Waals surface area contributed by atoms with Gasteiger partial charge in [0.1, 0.15) is 11.6 Å². The van der Waals surface area contributed by atoms with E-state index in [-0.39, 0.29) is 35.7 Å². The monoisotopic (exact) mass is 389 g/mol. The summed E-state index contributed by atoms with van der Waals surface area (Å²) in [6.45, 7) is 1.84. The number of aromatic nitrogens is 1. The summed E-state index contributed by atoms with van der Waals surface area (Å²) in [5, 5.41) is 16.9. The van der Waals surface area contributed by atoms with Crippen molar-refractivity contribution in [3.8, 4) is 11.5 Å². The van der Waals surface area contributed by atoms with Crippen LogP contribution in [-0.4, -0.2) is 28.6 Å². The lowest BCUT2D eigenvalue weighted by Crippen LogP contribution is -2.20. The number of fused-ring (bicyclic) bond motifs is 1. The fraction of sp³-hybridized carbons (Fsp3) is 0.158. The lowest BCUT2D eigenvalue weighted by Gasteiger charge is -2.14. The standard InChI is InChI=1S/C19H17F2N3O4/c1-2-27-17(25)8-12-11-5-6-23-16(11)9-15(21)18(12)28-10-3-4-14(20)13(7-10)19(22)24-26/h3-7,9,23,26H,2,8H2,1H3,(H2,22,24). The predicted molar refractivity (Wildman–Crippen MR) is 96.8 cm³/mol. The van der Waals surface area contributed by atoms with Crippen molar-refractivity contribution in [3.05, 3.63) is 59.3 Å². The largest absolute Gasteiger partial charge is 0.466 e. The predicted octanol–water partition coefficient (Wildman–Crippen LogP) is 3.65. The van der Waals surface area contributed by atoms with Crippen molar-refractivity contribution in [2.45, 2.75) is 13.3 Å². The third-order valence-corrected chi connectivity index (χ3v) is 4.03. The Balaban J connectivity index is 2.06. The second-order valence-electron chi connectivity index (χ2n) is 5.82. The van der Waals surface area contributed by atoms with Gasteiger partial charge < -0.3 is 14.5 Å². The minimum absolute atomic E-state index is 0.0234. The van der Waals surface area contributed by atoms with E-state index in [9.17, 15) is 13.6 Å². The summed E-state index contributed by atoms with van der Waals surface area (Å²) in [4.78, 5) is 14.9. The lowest BCUT2D eigenvalue weighted by molar-refractivity contribution is -0.142. The van der Waals surface area contributed by atoms with E-state index < -0.39 is 23.4 Å². The molecule has 0 aliphatic rings. The summed E-state index contributed by atoms with van der Waals surface area (Å²) in [7, 11) is 0. The molecule has 0 aliphatic heterocycles. The average molecular weight is 389 g/mol. The highest BCUT2D eigenvalue weighted by Crippen LogP contribution is 2.35. The van der Waals surface area contributed by atoms with E-state index in [2.05, 4.69) is 4.98 Å². The van der Waals surface area contributed by atoms with Crippen molar-refractivity contribution in [1.82, 2.24) is 10.5 Å². The van der Waals surface area contributed by atoms with E-state index in [4.69, 9.17) is 20.1 Å². The molecule has 0 bridgehead atoms. The Labute approximate surface area is 158 Å². The number of esters is 1. The second-order valence-corrected chi connectivity index (χ2v) is 5.82. The molecule has 0 amide bonds. The van der Waals surface area contributed by atoms with Crippen LogP contribution in [0.3, 0.4) is 0 Å². The van der Waals surface area contributed by atoms with Gasteiger partial charge >= 0.3 is 5.97 Å².